The van der Waals surface area contributed by atoms with Crippen LogP contribution >= 0.6 is 11.3 Å². The van der Waals surface area contributed by atoms with Gasteiger partial charge in [-0.15, -0.1) is 0 Å². The van der Waals surface area contributed by atoms with E-state index in [0.717, 1.165) is 23.0 Å². The zero-order valence-corrected chi connectivity index (χ0v) is 12.0. The van der Waals surface area contributed by atoms with E-state index in [9.17, 15) is 0 Å². The van der Waals surface area contributed by atoms with Gasteiger partial charge < -0.3 is 10.6 Å². The van der Waals surface area contributed by atoms with Crippen LogP contribution in [0.5, 0.6) is 0 Å². The number of hydrogen-bond acceptors (Lipinski definition) is 4. The summed E-state index contributed by atoms with van der Waals surface area (Å²) in [4.78, 5) is 8.06. The number of rotatable bonds is 2. The molecule has 1 aliphatic rings. The van der Waals surface area contributed by atoms with Gasteiger partial charge in [0.1, 0.15) is 0 Å². The highest BCUT2D eigenvalue weighted by molar-refractivity contribution is 7.15. The molecule has 2 heterocycles. The normalized spacial score (nSPS) is 16.8. The molecule has 0 saturated carbocycles. The van der Waals surface area contributed by atoms with E-state index in [1.54, 1.807) is 11.3 Å². The zero-order valence-electron chi connectivity index (χ0n) is 11.2. The van der Waals surface area contributed by atoms with Crippen LogP contribution < -0.4 is 10.6 Å². The second-order valence-electron chi connectivity index (χ2n) is 5.07. The molecule has 2 aromatic rings. The fourth-order valence-electron chi connectivity index (χ4n) is 2.50. The fraction of sp³-hybridized carbons (Fsp3) is 0.400. The second kappa shape index (κ2) is 5.31. The first-order chi connectivity index (χ1) is 9.25. The molecule has 0 aliphatic carbocycles. The van der Waals surface area contributed by atoms with Crippen LogP contribution in [0.3, 0.4) is 0 Å². The Balaban J connectivity index is 1.99. The third-order valence-corrected chi connectivity index (χ3v) is 4.77. The molecular formula is C15H19N3S. The lowest BCUT2D eigenvalue weighted by Gasteiger charge is -2.21. The first-order valence-corrected chi connectivity index (χ1v) is 7.64. The summed E-state index contributed by atoms with van der Waals surface area (Å²) in [6.45, 7) is 3.05. The molecule has 1 aromatic carbocycles. The van der Waals surface area contributed by atoms with Gasteiger partial charge in [0.2, 0.25) is 0 Å². The molecule has 1 unspecified atom stereocenters. The maximum absolute atomic E-state index is 5.93. The Morgan fingerprint density at radius 3 is 2.95 bits per heavy atom. The monoisotopic (exact) mass is 273 g/mol. The lowest BCUT2D eigenvalue weighted by molar-refractivity contribution is 0.760. The van der Waals surface area contributed by atoms with E-state index in [-0.39, 0.29) is 6.04 Å². The molecule has 1 aliphatic heterocycles. The van der Waals surface area contributed by atoms with Gasteiger partial charge in [-0.3, -0.25) is 0 Å². The van der Waals surface area contributed by atoms with Gasteiger partial charge in [0, 0.05) is 29.3 Å². The lowest BCUT2D eigenvalue weighted by atomic mass is 10.1. The van der Waals surface area contributed by atoms with Crippen molar-refractivity contribution in [2.45, 2.75) is 32.2 Å². The number of para-hydroxylation sites is 1. The average molecular weight is 273 g/mol. The van der Waals surface area contributed by atoms with E-state index < -0.39 is 0 Å². The summed E-state index contributed by atoms with van der Waals surface area (Å²) in [7, 11) is 0. The molecule has 0 amide bonds. The summed E-state index contributed by atoms with van der Waals surface area (Å²) in [6.07, 6.45) is 5.54. The Morgan fingerprint density at radius 1 is 1.32 bits per heavy atom. The van der Waals surface area contributed by atoms with Crippen LogP contribution in [0, 0.1) is 0 Å². The summed E-state index contributed by atoms with van der Waals surface area (Å²) in [5.41, 5.74) is 8.67. The molecule has 100 valence electrons. The number of fused-ring (bicyclic) bond motifs is 1. The van der Waals surface area contributed by atoms with Gasteiger partial charge in [-0.1, -0.05) is 29.5 Å². The molecule has 0 saturated heterocycles. The van der Waals surface area contributed by atoms with E-state index in [2.05, 4.69) is 34.1 Å². The minimum absolute atomic E-state index is 0.0634. The van der Waals surface area contributed by atoms with E-state index in [1.807, 2.05) is 13.1 Å². The molecule has 4 heteroatoms. The highest BCUT2D eigenvalue weighted by Gasteiger charge is 2.19. The van der Waals surface area contributed by atoms with Crippen LogP contribution in [-0.2, 0) is 6.42 Å². The van der Waals surface area contributed by atoms with E-state index in [0.29, 0.717) is 0 Å². The van der Waals surface area contributed by atoms with E-state index in [1.165, 1.54) is 24.1 Å². The Labute approximate surface area is 118 Å². The second-order valence-corrected chi connectivity index (χ2v) is 6.11. The number of aryl methyl sites for hydroxylation is 1. The fourth-order valence-corrected chi connectivity index (χ4v) is 3.41. The molecule has 0 fully saturated rings. The van der Waals surface area contributed by atoms with Gasteiger partial charge in [0.15, 0.2) is 5.13 Å². The van der Waals surface area contributed by atoms with Crippen molar-refractivity contribution in [2.24, 2.45) is 5.73 Å². The quantitative estimate of drug-likeness (QED) is 0.908. The summed E-state index contributed by atoms with van der Waals surface area (Å²) < 4.78 is 0. The number of hydrogen-bond donors (Lipinski definition) is 1. The summed E-state index contributed by atoms with van der Waals surface area (Å²) in [6, 6.07) is 8.73. The van der Waals surface area contributed by atoms with Gasteiger partial charge >= 0.3 is 0 Å². The maximum Gasteiger partial charge on any atom is 0.190 e. The highest BCUT2D eigenvalue weighted by Crippen LogP contribution is 2.35. The van der Waals surface area contributed by atoms with Gasteiger partial charge in [-0.05, 0) is 37.8 Å². The first-order valence-electron chi connectivity index (χ1n) is 6.82. The molecule has 2 N–H and O–H groups in total. The van der Waals surface area contributed by atoms with Crippen molar-refractivity contribution in [2.75, 3.05) is 11.4 Å². The largest absolute Gasteiger partial charge is 0.323 e. The third-order valence-electron chi connectivity index (χ3n) is 3.55. The topological polar surface area (TPSA) is 42.1 Å². The van der Waals surface area contributed by atoms with Crippen molar-refractivity contribution in [1.29, 1.82) is 0 Å². The van der Waals surface area contributed by atoms with Crippen molar-refractivity contribution in [3.05, 3.63) is 40.9 Å². The average Bonchev–Trinajstić information content (AvgIpc) is 2.80. The Bertz CT molecular complexity index is 562. The number of anilines is 2. The van der Waals surface area contributed by atoms with Crippen LogP contribution in [0.15, 0.2) is 30.5 Å². The Hall–Kier alpha value is -1.39. The summed E-state index contributed by atoms with van der Waals surface area (Å²) in [5, 5.41) is 1.07. The molecule has 1 aromatic heterocycles. The van der Waals surface area contributed by atoms with Crippen LogP contribution in [0.2, 0.25) is 0 Å². The standard InChI is InChI=1S/C15H19N3S/c1-11(16)14-10-17-15(19-14)18-9-5-4-7-12-6-2-3-8-13(12)18/h2-3,6,8,10-11H,4-5,7,9,16H2,1H3. The van der Waals surface area contributed by atoms with Crippen molar-refractivity contribution in [3.8, 4) is 0 Å². The lowest BCUT2D eigenvalue weighted by Crippen LogP contribution is -2.17. The molecule has 0 spiro atoms. The summed E-state index contributed by atoms with van der Waals surface area (Å²) in [5.74, 6) is 0. The van der Waals surface area contributed by atoms with Crippen molar-refractivity contribution in [1.82, 2.24) is 4.98 Å². The molecule has 1 atom stereocenters. The number of thiazole rings is 1. The predicted molar refractivity (Wildman–Crippen MR) is 81.1 cm³/mol. The van der Waals surface area contributed by atoms with E-state index in [4.69, 9.17) is 5.73 Å². The number of aromatic nitrogens is 1. The van der Waals surface area contributed by atoms with Crippen LogP contribution in [0.4, 0.5) is 10.8 Å². The molecule has 3 nitrogen and oxygen atoms in total. The van der Waals surface area contributed by atoms with Crippen molar-refractivity contribution < 1.29 is 0 Å². The van der Waals surface area contributed by atoms with Crippen molar-refractivity contribution in [3.63, 3.8) is 0 Å². The smallest absolute Gasteiger partial charge is 0.190 e. The molecule has 0 bridgehead atoms. The van der Waals surface area contributed by atoms with Crippen molar-refractivity contribution >= 4 is 22.2 Å². The molecule has 3 rings (SSSR count). The van der Waals surface area contributed by atoms with Crippen LogP contribution in [-0.4, -0.2) is 11.5 Å². The first kappa shape index (κ1) is 12.6. The van der Waals surface area contributed by atoms with Gasteiger partial charge in [0.25, 0.3) is 0 Å². The number of nitrogens with two attached hydrogens (primary N) is 1. The summed E-state index contributed by atoms with van der Waals surface area (Å²) >= 11 is 1.71. The minimum Gasteiger partial charge on any atom is -0.323 e. The number of benzene rings is 1. The van der Waals surface area contributed by atoms with Gasteiger partial charge in [-0.25, -0.2) is 4.98 Å². The molecular weight excluding hydrogens is 254 g/mol. The van der Waals surface area contributed by atoms with Crippen LogP contribution in [0.25, 0.3) is 0 Å². The van der Waals surface area contributed by atoms with Gasteiger partial charge in [-0.2, -0.15) is 0 Å². The Kier molecular flexibility index (Phi) is 3.53. The molecule has 0 radical (unpaired) electrons. The SMILES string of the molecule is CC(N)c1cnc(N2CCCCc3ccccc32)s1. The zero-order chi connectivity index (χ0) is 13.2. The Morgan fingerprint density at radius 2 is 2.16 bits per heavy atom. The third kappa shape index (κ3) is 2.51. The highest BCUT2D eigenvalue weighted by atomic mass is 32.1. The van der Waals surface area contributed by atoms with Crippen LogP contribution in [0.1, 0.15) is 36.2 Å². The predicted octanol–water partition coefficient (Wildman–Crippen LogP) is 3.64. The van der Waals surface area contributed by atoms with Gasteiger partial charge in [0.05, 0.1) is 0 Å². The maximum atomic E-state index is 5.93. The number of nitrogens with zero attached hydrogens (tertiary/aromatic N) is 2. The van der Waals surface area contributed by atoms with E-state index >= 15 is 0 Å². The molecule has 19 heavy (non-hydrogen) atoms. The minimum atomic E-state index is 0.0634.